The standard InChI is InChI=1S/C8H5N3O5/c9-2-5-1-6(11(14)15)3-10-8(5)16-4-7(12)13/h1,3H,4H2,(H,12,13). The molecule has 0 bridgehead atoms. The molecule has 1 heterocycles. The van der Waals surface area contributed by atoms with E-state index < -0.39 is 17.5 Å². The summed E-state index contributed by atoms with van der Waals surface area (Å²) in [6, 6.07) is 2.59. The van der Waals surface area contributed by atoms with Crippen molar-refractivity contribution in [2.45, 2.75) is 0 Å². The molecule has 0 fully saturated rings. The first-order valence-corrected chi connectivity index (χ1v) is 3.93. The Morgan fingerprint density at radius 3 is 2.94 bits per heavy atom. The third kappa shape index (κ3) is 2.65. The van der Waals surface area contributed by atoms with Crippen LogP contribution in [0.25, 0.3) is 0 Å². The molecule has 82 valence electrons. The number of carbonyl (C=O) groups is 1. The monoisotopic (exact) mass is 223 g/mol. The van der Waals surface area contributed by atoms with E-state index in [1.165, 1.54) is 0 Å². The van der Waals surface area contributed by atoms with Gasteiger partial charge in [0.1, 0.15) is 17.8 Å². The molecular weight excluding hydrogens is 218 g/mol. The Kier molecular flexibility index (Phi) is 3.34. The van der Waals surface area contributed by atoms with Crippen LogP contribution >= 0.6 is 0 Å². The number of hydrogen-bond acceptors (Lipinski definition) is 6. The van der Waals surface area contributed by atoms with Gasteiger partial charge in [-0.15, -0.1) is 0 Å². The lowest BCUT2D eigenvalue weighted by molar-refractivity contribution is -0.385. The maximum Gasteiger partial charge on any atom is 0.341 e. The fraction of sp³-hybridized carbons (Fsp3) is 0.125. The molecule has 0 aliphatic carbocycles. The molecule has 0 aliphatic heterocycles. The molecule has 0 spiro atoms. The van der Waals surface area contributed by atoms with Crippen molar-refractivity contribution >= 4 is 11.7 Å². The van der Waals surface area contributed by atoms with Crippen molar-refractivity contribution in [3.8, 4) is 11.9 Å². The highest BCUT2D eigenvalue weighted by molar-refractivity contribution is 5.68. The predicted molar refractivity (Wildman–Crippen MR) is 48.7 cm³/mol. The number of nitro groups is 1. The van der Waals surface area contributed by atoms with E-state index in [-0.39, 0.29) is 17.1 Å². The molecule has 0 aliphatic rings. The minimum absolute atomic E-state index is 0.185. The second kappa shape index (κ2) is 4.70. The Hall–Kier alpha value is -2.69. The van der Waals surface area contributed by atoms with Crippen LogP contribution in [0.2, 0.25) is 0 Å². The Labute approximate surface area is 88.9 Å². The molecule has 0 saturated heterocycles. The maximum atomic E-state index is 10.4. The second-order valence-electron chi connectivity index (χ2n) is 2.60. The molecule has 1 N–H and O–H groups in total. The molecule has 0 amide bonds. The van der Waals surface area contributed by atoms with Crippen molar-refractivity contribution in [2.24, 2.45) is 0 Å². The van der Waals surface area contributed by atoms with Crippen molar-refractivity contribution < 1.29 is 19.6 Å². The molecule has 16 heavy (non-hydrogen) atoms. The van der Waals surface area contributed by atoms with Gasteiger partial charge in [0.15, 0.2) is 6.61 Å². The summed E-state index contributed by atoms with van der Waals surface area (Å²) in [6.45, 7) is -0.667. The lowest BCUT2D eigenvalue weighted by atomic mass is 10.3. The molecule has 1 aromatic rings. The molecule has 8 heteroatoms. The van der Waals surface area contributed by atoms with Crippen molar-refractivity contribution in [3.05, 3.63) is 27.9 Å². The summed E-state index contributed by atoms with van der Waals surface area (Å²) in [5.74, 6) is -1.47. The minimum atomic E-state index is -1.23. The van der Waals surface area contributed by atoms with Gasteiger partial charge in [0.2, 0.25) is 5.88 Å². The maximum absolute atomic E-state index is 10.4. The number of aliphatic carboxylic acids is 1. The third-order valence-electron chi connectivity index (χ3n) is 1.50. The number of aromatic nitrogens is 1. The number of nitrogens with zero attached hydrogens (tertiary/aromatic N) is 3. The van der Waals surface area contributed by atoms with Crippen LogP contribution in [0.5, 0.6) is 5.88 Å². The van der Waals surface area contributed by atoms with Crippen LogP contribution in [0.4, 0.5) is 5.69 Å². The van der Waals surface area contributed by atoms with Gasteiger partial charge in [-0.05, 0) is 0 Å². The number of carboxylic acids is 1. The fourth-order valence-electron chi connectivity index (χ4n) is 0.866. The highest BCUT2D eigenvalue weighted by Gasteiger charge is 2.13. The fourth-order valence-corrected chi connectivity index (χ4v) is 0.866. The molecule has 1 aromatic heterocycles. The lowest BCUT2D eigenvalue weighted by Crippen LogP contribution is -2.11. The van der Waals surface area contributed by atoms with Crippen LogP contribution in [0.15, 0.2) is 12.3 Å². The van der Waals surface area contributed by atoms with Gasteiger partial charge in [-0.1, -0.05) is 0 Å². The van der Waals surface area contributed by atoms with Crippen LogP contribution in [0.1, 0.15) is 5.56 Å². The van der Waals surface area contributed by atoms with Crippen LogP contribution in [0, 0.1) is 21.4 Å². The van der Waals surface area contributed by atoms with Gasteiger partial charge in [0.05, 0.1) is 4.92 Å². The Morgan fingerprint density at radius 1 is 1.75 bits per heavy atom. The normalized spacial score (nSPS) is 9.19. The molecule has 0 saturated carbocycles. The zero-order chi connectivity index (χ0) is 12.1. The molecule has 0 radical (unpaired) electrons. The van der Waals surface area contributed by atoms with E-state index in [2.05, 4.69) is 9.72 Å². The molecule has 0 aromatic carbocycles. The van der Waals surface area contributed by atoms with Gasteiger partial charge in [0, 0.05) is 6.07 Å². The van der Waals surface area contributed by atoms with E-state index in [4.69, 9.17) is 10.4 Å². The summed E-state index contributed by atoms with van der Waals surface area (Å²) < 4.78 is 4.67. The average Bonchev–Trinajstić information content (AvgIpc) is 2.25. The van der Waals surface area contributed by atoms with Gasteiger partial charge in [-0.25, -0.2) is 9.78 Å². The van der Waals surface area contributed by atoms with Gasteiger partial charge in [0.25, 0.3) is 5.69 Å². The van der Waals surface area contributed by atoms with Crippen LogP contribution < -0.4 is 4.74 Å². The lowest BCUT2D eigenvalue weighted by Gasteiger charge is -2.02. The van der Waals surface area contributed by atoms with Gasteiger partial charge in [-0.2, -0.15) is 5.26 Å². The van der Waals surface area contributed by atoms with E-state index in [0.717, 1.165) is 12.3 Å². The molecule has 8 nitrogen and oxygen atoms in total. The SMILES string of the molecule is N#Cc1cc([N+](=O)[O-])cnc1OCC(=O)O. The zero-order valence-corrected chi connectivity index (χ0v) is 7.78. The van der Waals surface area contributed by atoms with E-state index >= 15 is 0 Å². The average molecular weight is 223 g/mol. The van der Waals surface area contributed by atoms with E-state index in [1.54, 1.807) is 6.07 Å². The second-order valence-corrected chi connectivity index (χ2v) is 2.60. The first-order chi connectivity index (χ1) is 7.54. The number of rotatable bonds is 4. The zero-order valence-electron chi connectivity index (χ0n) is 7.78. The van der Waals surface area contributed by atoms with Crippen LogP contribution in [0.3, 0.4) is 0 Å². The summed E-state index contributed by atoms with van der Waals surface area (Å²) in [6.07, 6.45) is 0.887. The Bertz CT molecular complexity index is 479. The van der Waals surface area contributed by atoms with Crippen LogP contribution in [-0.4, -0.2) is 27.6 Å². The highest BCUT2D eigenvalue weighted by Crippen LogP contribution is 2.19. The molecular formula is C8H5N3O5. The summed E-state index contributed by atoms with van der Waals surface area (Å²) in [4.78, 5) is 23.4. The predicted octanol–water partition coefficient (Wildman–Crippen LogP) is 0.325. The first-order valence-electron chi connectivity index (χ1n) is 3.93. The largest absolute Gasteiger partial charge is 0.479 e. The molecule has 0 atom stereocenters. The highest BCUT2D eigenvalue weighted by atomic mass is 16.6. The van der Waals surface area contributed by atoms with Gasteiger partial charge >= 0.3 is 5.97 Å². The summed E-state index contributed by atoms with van der Waals surface area (Å²) in [5, 5.41) is 27.4. The van der Waals surface area contributed by atoms with Crippen molar-refractivity contribution in [2.75, 3.05) is 6.61 Å². The number of carboxylic acid groups (broad SMARTS) is 1. The number of hydrogen-bond donors (Lipinski definition) is 1. The summed E-state index contributed by atoms with van der Waals surface area (Å²) >= 11 is 0. The van der Waals surface area contributed by atoms with E-state index in [1.807, 2.05) is 0 Å². The number of nitriles is 1. The van der Waals surface area contributed by atoms with Gasteiger partial charge < -0.3 is 9.84 Å². The smallest absolute Gasteiger partial charge is 0.341 e. The Balaban J connectivity index is 2.99. The van der Waals surface area contributed by atoms with E-state index in [9.17, 15) is 14.9 Å². The minimum Gasteiger partial charge on any atom is -0.479 e. The number of pyridine rings is 1. The number of ether oxygens (including phenoxy) is 1. The first kappa shape index (κ1) is 11.4. The van der Waals surface area contributed by atoms with Crippen molar-refractivity contribution in [1.82, 2.24) is 4.98 Å². The van der Waals surface area contributed by atoms with Crippen LogP contribution in [-0.2, 0) is 4.79 Å². The molecule has 1 rings (SSSR count). The quantitative estimate of drug-likeness (QED) is 0.575. The Morgan fingerprint density at radius 2 is 2.44 bits per heavy atom. The van der Waals surface area contributed by atoms with Crippen molar-refractivity contribution in [1.29, 1.82) is 5.26 Å². The summed E-state index contributed by atoms with van der Waals surface area (Å²) in [7, 11) is 0. The summed E-state index contributed by atoms with van der Waals surface area (Å²) in [5.41, 5.74) is -0.547. The van der Waals surface area contributed by atoms with Gasteiger partial charge in [-0.3, -0.25) is 10.1 Å². The molecule has 0 unspecified atom stereocenters. The third-order valence-corrected chi connectivity index (χ3v) is 1.50. The van der Waals surface area contributed by atoms with Crippen molar-refractivity contribution in [3.63, 3.8) is 0 Å². The topological polar surface area (TPSA) is 126 Å². The van der Waals surface area contributed by atoms with E-state index in [0.29, 0.717) is 0 Å².